The van der Waals surface area contributed by atoms with E-state index in [0.29, 0.717) is 28.5 Å². The van der Waals surface area contributed by atoms with Crippen molar-refractivity contribution in [2.24, 2.45) is 4.99 Å². The molecule has 1 N–H and O–H groups in total. The van der Waals surface area contributed by atoms with Gasteiger partial charge in [-0.15, -0.1) is 18.3 Å². The Bertz CT molecular complexity index is 1730. The number of amides is 3. The number of nitrogens with zero attached hydrogens (tertiary/aromatic N) is 5. The van der Waals surface area contributed by atoms with E-state index >= 15 is 0 Å². The lowest BCUT2D eigenvalue weighted by Crippen LogP contribution is -2.32. The molecule has 1 aliphatic heterocycles. The summed E-state index contributed by atoms with van der Waals surface area (Å²) in [6, 6.07) is 17.1. The number of hydrogen-bond donors (Lipinski definition) is 1. The Morgan fingerprint density at radius 2 is 1.80 bits per heavy atom. The van der Waals surface area contributed by atoms with Crippen LogP contribution in [0.2, 0.25) is 0 Å². The highest BCUT2D eigenvalue weighted by Crippen LogP contribution is 2.33. The van der Waals surface area contributed by atoms with E-state index in [4.69, 9.17) is 9.57 Å². The molecular formula is C31H29F3N6O5S. The van der Waals surface area contributed by atoms with Crippen molar-refractivity contribution in [1.82, 2.24) is 20.2 Å². The van der Waals surface area contributed by atoms with Crippen LogP contribution in [0.5, 0.6) is 11.5 Å². The summed E-state index contributed by atoms with van der Waals surface area (Å²) >= 11 is 1.16. The van der Waals surface area contributed by atoms with Crippen LogP contribution in [-0.4, -0.2) is 51.1 Å². The second kappa shape index (κ2) is 14.0. The second-order valence-corrected chi connectivity index (χ2v) is 10.9. The third kappa shape index (κ3) is 7.84. The van der Waals surface area contributed by atoms with Gasteiger partial charge >= 0.3 is 12.4 Å². The summed E-state index contributed by atoms with van der Waals surface area (Å²) in [5.41, 5.74) is 5.83. The van der Waals surface area contributed by atoms with E-state index in [9.17, 15) is 22.8 Å². The van der Waals surface area contributed by atoms with Crippen molar-refractivity contribution in [3.05, 3.63) is 84.2 Å². The van der Waals surface area contributed by atoms with Crippen molar-refractivity contribution in [3.8, 4) is 28.6 Å². The van der Waals surface area contributed by atoms with Gasteiger partial charge in [-0.1, -0.05) is 55.4 Å². The Morgan fingerprint density at radius 3 is 2.48 bits per heavy atom. The molecule has 1 atom stereocenters. The molecule has 5 rings (SSSR count). The molecule has 4 aromatic rings. The minimum absolute atomic E-state index is 0.148. The summed E-state index contributed by atoms with van der Waals surface area (Å²) in [6.07, 6.45) is -2.27. The van der Waals surface area contributed by atoms with E-state index in [1.54, 1.807) is 44.4 Å². The number of rotatable bonds is 10. The predicted molar refractivity (Wildman–Crippen MR) is 166 cm³/mol. The molecule has 1 unspecified atom stereocenters. The molecule has 11 nitrogen and oxygen atoms in total. The summed E-state index contributed by atoms with van der Waals surface area (Å²) in [6.45, 7) is 3.79. The molecule has 240 valence electrons. The molecule has 0 radical (unpaired) electrons. The number of aliphatic imine (C=N–C) groups is 1. The van der Waals surface area contributed by atoms with E-state index in [0.717, 1.165) is 35.7 Å². The number of carbonyl (C=O) groups excluding carboxylic acids is 2. The minimum Gasteiger partial charge on any atom is -0.497 e. The van der Waals surface area contributed by atoms with Gasteiger partial charge in [-0.3, -0.25) is 14.5 Å². The third-order valence-corrected chi connectivity index (χ3v) is 7.73. The number of thioether (sulfide) groups is 1. The number of carbonyl (C=O) groups is 2. The van der Waals surface area contributed by atoms with Gasteiger partial charge in [0, 0.05) is 11.6 Å². The molecule has 0 spiro atoms. The maximum atomic E-state index is 12.8. The van der Waals surface area contributed by atoms with E-state index < -0.39 is 18.5 Å². The van der Waals surface area contributed by atoms with Gasteiger partial charge < -0.3 is 9.47 Å². The number of urea groups is 1. The van der Waals surface area contributed by atoms with E-state index in [2.05, 4.69) is 25.3 Å². The van der Waals surface area contributed by atoms with Crippen LogP contribution >= 0.6 is 11.8 Å². The van der Waals surface area contributed by atoms with Gasteiger partial charge in [0.25, 0.3) is 0 Å². The van der Waals surface area contributed by atoms with Gasteiger partial charge in [0.1, 0.15) is 23.9 Å². The molecule has 0 aliphatic carbocycles. The number of aromatic nitrogens is 3. The zero-order chi connectivity index (χ0) is 32.8. The molecular weight excluding hydrogens is 625 g/mol. The first-order chi connectivity index (χ1) is 22.0. The lowest BCUT2D eigenvalue weighted by Gasteiger charge is -2.20. The maximum Gasteiger partial charge on any atom is 0.573 e. The van der Waals surface area contributed by atoms with Gasteiger partial charge in [0.05, 0.1) is 24.2 Å². The second-order valence-electron chi connectivity index (χ2n) is 10.0. The first-order valence-corrected chi connectivity index (χ1v) is 15.1. The van der Waals surface area contributed by atoms with Crippen LogP contribution in [0.1, 0.15) is 37.5 Å². The van der Waals surface area contributed by atoms with Crippen LogP contribution in [0.3, 0.4) is 0 Å². The fraction of sp³-hybridized carbons (Fsp3) is 0.258. The van der Waals surface area contributed by atoms with Crippen LogP contribution in [0, 0.1) is 0 Å². The molecule has 1 aliphatic rings. The number of hydroxylamine groups is 1. The molecule has 3 aromatic carbocycles. The average molecular weight is 655 g/mol. The molecule has 0 bridgehead atoms. The summed E-state index contributed by atoms with van der Waals surface area (Å²) in [5, 5.41) is 4.64. The molecule has 3 amide bonds. The highest BCUT2D eigenvalue weighted by atomic mass is 32.2. The Hall–Kier alpha value is -4.89. The molecule has 1 fully saturated rings. The smallest absolute Gasteiger partial charge is 0.497 e. The minimum atomic E-state index is -4.77. The summed E-state index contributed by atoms with van der Waals surface area (Å²) in [5.74, 6) is 0.601. The summed E-state index contributed by atoms with van der Waals surface area (Å²) in [7, 11) is 1.55. The van der Waals surface area contributed by atoms with E-state index in [1.165, 1.54) is 40.2 Å². The summed E-state index contributed by atoms with van der Waals surface area (Å²) in [4.78, 5) is 40.9. The molecule has 15 heteroatoms. The molecule has 2 heterocycles. The molecule has 1 saturated heterocycles. The lowest BCUT2D eigenvalue weighted by molar-refractivity contribution is -0.274. The van der Waals surface area contributed by atoms with E-state index in [1.807, 2.05) is 19.1 Å². The Balaban J connectivity index is 1.20. The number of ether oxygens (including phenoxy) is 2. The first-order valence-electron chi connectivity index (χ1n) is 14.1. The zero-order valence-electron chi connectivity index (χ0n) is 24.9. The summed E-state index contributed by atoms with van der Waals surface area (Å²) < 4.78 is 47.9. The van der Waals surface area contributed by atoms with Crippen molar-refractivity contribution in [2.45, 2.75) is 39.2 Å². The Kier molecular flexibility index (Phi) is 9.92. The largest absolute Gasteiger partial charge is 0.573 e. The van der Waals surface area contributed by atoms with Gasteiger partial charge in [-0.05, 0) is 54.8 Å². The van der Waals surface area contributed by atoms with Crippen molar-refractivity contribution in [1.29, 1.82) is 0 Å². The number of benzene rings is 3. The number of methoxy groups -OCH3 is 1. The first kappa shape index (κ1) is 32.5. The van der Waals surface area contributed by atoms with Crippen LogP contribution < -0.4 is 19.9 Å². The monoisotopic (exact) mass is 654 g/mol. The lowest BCUT2D eigenvalue weighted by atomic mass is 10.1. The number of alkyl halides is 3. The van der Waals surface area contributed by atoms with Crippen LogP contribution in [-0.2, 0) is 16.1 Å². The number of aryl methyl sites for hydroxylation is 1. The zero-order valence-corrected chi connectivity index (χ0v) is 25.8. The fourth-order valence-electron chi connectivity index (χ4n) is 4.58. The number of anilines is 1. The molecule has 1 aromatic heterocycles. The highest BCUT2D eigenvalue weighted by molar-refractivity contribution is 8.15. The van der Waals surface area contributed by atoms with Gasteiger partial charge in [-0.2, -0.15) is 4.99 Å². The molecule has 0 saturated carbocycles. The quantitative estimate of drug-likeness (QED) is 0.189. The van der Waals surface area contributed by atoms with E-state index in [-0.39, 0.29) is 22.6 Å². The average Bonchev–Trinajstić information content (AvgIpc) is 3.67. The van der Waals surface area contributed by atoms with Crippen molar-refractivity contribution < 1.29 is 37.1 Å². The van der Waals surface area contributed by atoms with Gasteiger partial charge in [0.15, 0.2) is 11.0 Å². The fourth-order valence-corrected chi connectivity index (χ4v) is 5.44. The number of nitrogens with one attached hydrogen (secondary N) is 1. The Labute approximate surface area is 266 Å². The van der Waals surface area contributed by atoms with Gasteiger partial charge in [0.2, 0.25) is 5.91 Å². The molecule has 46 heavy (non-hydrogen) atoms. The number of hydrogen-bond acceptors (Lipinski definition) is 8. The SMILES string of the molecule is CCCc1ccc(OC)cc1N1C(=O)CS/C1=N\C(=O)NOC(C)c1ccc(-c2ncn(-c3ccc(OC(F)(F)F)cc3)n2)cc1. The third-order valence-electron chi connectivity index (χ3n) is 6.80. The normalized spacial score (nSPS) is 14.9. The number of halogens is 3. The highest BCUT2D eigenvalue weighted by Gasteiger charge is 2.33. The van der Waals surface area contributed by atoms with Crippen LogP contribution in [0.25, 0.3) is 17.1 Å². The van der Waals surface area contributed by atoms with Crippen LogP contribution in [0.4, 0.5) is 23.7 Å². The van der Waals surface area contributed by atoms with Crippen molar-refractivity contribution in [3.63, 3.8) is 0 Å². The predicted octanol–water partition coefficient (Wildman–Crippen LogP) is 6.63. The topological polar surface area (TPSA) is 120 Å². The van der Waals surface area contributed by atoms with Gasteiger partial charge in [-0.25, -0.2) is 19.9 Å². The number of amidine groups is 1. The van der Waals surface area contributed by atoms with Crippen LogP contribution in [0.15, 0.2) is 78.0 Å². The maximum absolute atomic E-state index is 12.8. The Morgan fingerprint density at radius 1 is 1.09 bits per heavy atom. The van der Waals surface area contributed by atoms with Crippen molar-refractivity contribution in [2.75, 3.05) is 17.8 Å². The standard InChI is InChI=1S/C31H29F3N6O5S/c1-4-5-21-10-13-25(43-3)16-26(21)40-27(41)17-46-30(40)36-29(42)38-45-19(2)20-6-8-22(9-7-20)28-35-18-39(37-28)23-11-14-24(15-12-23)44-31(32,33)34/h6-16,18-19H,4-5,17H2,1-3H3,(H,38,42)/b36-30-. The van der Waals surface area contributed by atoms with Crippen molar-refractivity contribution >= 4 is 34.6 Å².